The molecule has 0 aliphatic rings. The lowest BCUT2D eigenvalue weighted by Crippen LogP contribution is -2.32. The molecule has 0 fully saturated rings. The number of carbonyl (C=O) groups excluding carboxylic acids is 1. The van der Waals surface area contributed by atoms with E-state index >= 15 is 0 Å². The third-order valence-corrected chi connectivity index (χ3v) is 5.35. The highest BCUT2D eigenvalue weighted by Crippen LogP contribution is 2.23. The highest BCUT2D eigenvalue weighted by atomic mass is 32.1. The Balaban J connectivity index is 1.49. The van der Waals surface area contributed by atoms with E-state index in [9.17, 15) is 4.79 Å². The summed E-state index contributed by atoms with van der Waals surface area (Å²) in [6, 6.07) is 15.3. The molecule has 28 heavy (non-hydrogen) atoms. The molecule has 1 unspecified atom stereocenters. The fraction of sp³-hybridized carbons (Fsp3) is 0.182. The van der Waals surface area contributed by atoms with Gasteiger partial charge in [-0.25, -0.2) is 0 Å². The lowest BCUT2D eigenvalue weighted by Gasteiger charge is -2.18. The van der Waals surface area contributed by atoms with Crippen molar-refractivity contribution in [3.05, 3.63) is 88.3 Å². The zero-order valence-corrected chi connectivity index (χ0v) is 16.6. The minimum atomic E-state index is -0.197. The molecular formula is C22H21N3O2S. The molecule has 4 rings (SSSR count). The van der Waals surface area contributed by atoms with Crippen molar-refractivity contribution in [2.24, 2.45) is 0 Å². The van der Waals surface area contributed by atoms with E-state index in [2.05, 4.69) is 21.9 Å². The topological polar surface area (TPSA) is 60.1 Å². The number of nitrogens with one attached hydrogen (secondary N) is 1. The molecule has 1 N–H and O–H groups in total. The zero-order valence-electron chi connectivity index (χ0n) is 15.8. The summed E-state index contributed by atoms with van der Waals surface area (Å²) in [7, 11) is 0. The van der Waals surface area contributed by atoms with Crippen molar-refractivity contribution in [2.75, 3.05) is 6.54 Å². The van der Waals surface area contributed by atoms with E-state index in [0.717, 1.165) is 22.7 Å². The molecule has 1 aromatic carbocycles. The summed E-state index contributed by atoms with van der Waals surface area (Å²) in [6.07, 6.45) is 1.64. The van der Waals surface area contributed by atoms with Gasteiger partial charge in [-0.2, -0.15) is 16.4 Å². The van der Waals surface area contributed by atoms with Crippen molar-refractivity contribution in [3.8, 4) is 11.1 Å². The molecule has 4 aromatic rings. The van der Waals surface area contributed by atoms with E-state index in [1.54, 1.807) is 17.6 Å². The number of nitrogens with zero attached hydrogens (tertiary/aromatic N) is 2. The Kier molecular flexibility index (Phi) is 5.12. The molecule has 1 atom stereocenters. The van der Waals surface area contributed by atoms with Gasteiger partial charge >= 0.3 is 0 Å². The number of hydrogen-bond donors (Lipinski definition) is 1. The molecule has 0 saturated heterocycles. The van der Waals surface area contributed by atoms with Crippen LogP contribution in [0.4, 0.5) is 0 Å². The Morgan fingerprint density at radius 1 is 1.18 bits per heavy atom. The average Bonchev–Trinajstić information content (AvgIpc) is 3.45. The summed E-state index contributed by atoms with van der Waals surface area (Å²) < 4.78 is 7.50. The highest BCUT2D eigenvalue weighted by molar-refractivity contribution is 7.08. The third-order valence-electron chi connectivity index (χ3n) is 4.67. The van der Waals surface area contributed by atoms with Gasteiger partial charge in [0.25, 0.3) is 5.91 Å². The lowest BCUT2D eigenvalue weighted by molar-refractivity contribution is 0.0948. The Hall–Kier alpha value is -3.12. The first kappa shape index (κ1) is 18.3. The molecule has 0 radical (unpaired) electrons. The second-order valence-corrected chi connectivity index (χ2v) is 7.48. The standard InChI is InChI=1S/C22H21N3O2S/c1-15-12-16(2)25(24-15)20(21-4-3-10-27-21)13-23-22(26)18-7-5-17(6-8-18)19-9-11-28-14-19/h3-12,14,20H,13H2,1-2H3,(H,23,26). The fourth-order valence-electron chi connectivity index (χ4n) is 3.28. The summed E-state index contributed by atoms with van der Waals surface area (Å²) in [5.41, 5.74) is 4.86. The number of carbonyl (C=O) groups is 1. The molecule has 0 aliphatic heterocycles. The number of aryl methyl sites for hydroxylation is 2. The van der Waals surface area contributed by atoms with Crippen molar-refractivity contribution in [1.29, 1.82) is 0 Å². The maximum atomic E-state index is 12.7. The van der Waals surface area contributed by atoms with Crippen molar-refractivity contribution < 1.29 is 9.21 Å². The lowest BCUT2D eigenvalue weighted by atomic mass is 10.1. The summed E-state index contributed by atoms with van der Waals surface area (Å²) in [6.45, 7) is 4.35. The van der Waals surface area contributed by atoms with E-state index in [1.165, 1.54) is 5.56 Å². The van der Waals surface area contributed by atoms with Crippen LogP contribution >= 0.6 is 11.3 Å². The molecule has 3 heterocycles. The van der Waals surface area contributed by atoms with Crippen molar-refractivity contribution in [1.82, 2.24) is 15.1 Å². The van der Waals surface area contributed by atoms with E-state index in [-0.39, 0.29) is 11.9 Å². The van der Waals surface area contributed by atoms with Gasteiger partial charge in [0.15, 0.2) is 0 Å². The largest absolute Gasteiger partial charge is 0.467 e. The van der Waals surface area contributed by atoms with Crippen LogP contribution in [0.3, 0.4) is 0 Å². The van der Waals surface area contributed by atoms with Gasteiger partial charge in [-0.05, 0) is 72.1 Å². The Labute approximate surface area is 167 Å². The molecule has 0 saturated carbocycles. The summed E-state index contributed by atoms with van der Waals surface area (Å²) >= 11 is 1.66. The van der Waals surface area contributed by atoms with Crippen LogP contribution in [0, 0.1) is 13.8 Å². The normalized spacial score (nSPS) is 12.1. The molecule has 142 valence electrons. The number of benzene rings is 1. The van der Waals surface area contributed by atoms with E-state index < -0.39 is 0 Å². The van der Waals surface area contributed by atoms with Crippen LogP contribution in [0.25, 0.3) is 11.1 Å². The van der Waals surface area contributed by atoms with Gasteiger partial charge in [-0.15, -0.1) is 0 Å². The van der Waals surface area contributed by atoms with Gasteiger partial charge < -0.3 is 9.73 Å². The average molecular weight is 391 g/mol. The fourth-order valence-corrected chi connectivity index (χ4v) is 3.95. The predicted molar refractivity (Wildman–Crippen MR) is 111 cm³/mol. The Morgan fingerprint density at radius 2 is 2.00 bits per heavy atom. The van der Waals surface area contributed by atoms with Crippen LogP contribution in [0.2, 0.25) is 0 Å². The van der Waals surface area contributed by atoms with Gasteiger partial charge in [0.2, 0.25) is 0 Å². The Bertz CT molecular complexity index is 1050. The van der Waals surface area contributed by atoms with Gasteiger partial charge in [0.1, 0.15) is 11.8 Å². The number of aromatic nitrogens is 2. The van der Waals surface area contributed by atoms with Crippen LogP contribution in [-0.4, -0.2) is 22.2 Å². The number of hydrogen-bond acceptors (Lipinski definition) is 4. The first-order valence-corrected chi connectivity index (χ1v) is 10.0. The molecule has 0 aliphatic carbocycles. The molecule has 0 bridgehead atoms. The number of rotatable bonds is 6. The van der Waals surface area contributed by atoms with E-state index in [0.29, 0.717) is 12.1 Å². The number of amides is 1. The van der Waals surface area contributed by atoms with Crippen LogP contribution in [-0.2, 0) is 0 Å². The quantitative estimate of drug-likeness (QED) is 0.512. The second-order valence-electron chi connectivity index (χ2n) is 6.70. The van der Waals surface area contributed by atoms with Crippen LogP contribution in [0.1, 0.15) is 33.5 Å². The molecule has 1 amide bonds. The van der Waals surface area contributed by atoms with Gasteiger partial charge in [-0.3, -0.25) is 9.48 Å². The Morgan fingerprint density at radius 3 is 2.61 bits per heavy atom. The second kappa shape index (κ2) is 7.86. The van der Waals surface area contributed by atoms with Gasteiger partial charge in [0.05, 0.1) is 12.0 Å². The highest BCUT2D eigenvalue weighted by Gasteiger charge is 2.21. The smallest absolute Gasteiger partial charge is 0.251 e. The van der Waals surface area contributed by atoms with Crippen LogP contribution in [0.15, 0.2) is 70.0 Å². The van der Waals surface area contributed by atoms with Crippen LogP contribution in [0.5, 0.6) is 0 Å². The SMILES string of the molecule is Cc1cc(C)n(C(CNC(=O)c2ccc(-c3ccsc3)cc2)c2ccco2)n1. The summed E-state index contributed by atoms with van der Waals surface area (Å²) in [5, 5.41) is 11.7. The zero-order chi connectivity index (χ0) is 19.5. The minimum Gasteiger partial charge on any atom is -0.467 e. The molecule has 6 heteroatoms. The molecule has 0 spiro atoms. The predicted octanol–water partition coefficient (Wildman–Crippen LogP) is 4.84. The monoisotopic (exact) mass is 391 g/mol. The molecule has 5 nitrogen and oxygen atoms in total. The van der Waals surface area contributed by atoms with Crippen molar-refractivity contribution >= 4 is 17.2 Å². The van der Waals surface area contributed by atoms with E-state index in [1.807, 2.05) is 66.4 Å². The summed E-state index contributed by atoms with van der Waals surface area (Å²) in [4.78, 5) is 12.7. The minimum absolute atomic E-state index is 0.116. The van der Waals surface area contributed by atoms with E-state index in [4.69, 9.17) is 4.42 Å². The molecular weight excluding hydrogens is 370 g/mol. The maximum Gasteiger partial charge on any atom is 0.251 e. The van der Waals surface area contributed by atoms with Crippen molar-refractivity contribution in [3.63, 3.8) is 0 Å². The number of furan rings is 1. The summed E-state index contributed by atoms with van der Waals surface area (Å²) in [5.74, 6) is 0.647. The first-order valence-electron chi connectivity index (χ1n) is 9.09. The van der Waals surface area contributed by atoms with Gasteiger partial charge in [0, 0.05) is 17.8 Å². The third kappa shape index (κ3) is 3.77. The van der Waals surface area contributed by atoms with Crippen molar-refractivity contribution in [2.45, 2.75) is 19.9 Å². The maximum absolute atomic E-state index is 12.7. The van der Waals surface area contributed by atoms with Crippen LogP contribution < -0.4 is 5.32 Å². The number of thiophene rings is 1. The molecule has 3 aromatic heterocycles. The first-order chi connectivity index (χ1) is 13.6. The van der Waals surface area contributed by atoms with Gasteiger partial charge in [-0.1, -0.05) is 12.1 Å².